The smallest absolute Gasteiger partial charge is 0.274 e. The van der Waals surface area contributed by atoms with Crippen LogP contribution in [0.15, 0.2) is 45.4 Å². The van der Waals surface area contributed by atoms with Crippen molar-refractivity contribution in [1.29, 1.82) is 0 Å². The van der Waals surface area contributed by atoms with Crippen LogP contribution in [0.1, 0.15) is 12.7 Å². The van der Waals surface area contributed by atoms with Gasteiger partial charge in [0.2, 0.25) is 0 Å². The van der Waals surface area contributed by atoms with Crippen molar-refractivity contribution in [2.45, 2.75) is 19.4 Å². The van der Waals surface area contributed by atoms with Crippen molar-refractivity contribution in [3.05, 3.63) is 46.7 Å². The van der Waals surface area contributed by atoms with Crippen LogP contribution in [-0.4, -0.2) is 27.8 Å². The van der Waals surface area contributed by atoms with Crippen LogP contribution in [0.4, 0.5) is 0 Å². The molecule has 23 heavy (non-hydrogen) atoms. The summed E-state index contributed by atoms with van der Waals surface area (Å²) in [7, 11) is 3.93. The number of likely N-dealkylation sites (N-methyl/N-ethyl adjacent to an activating group) is 1. The molecule has 0 radical (unpaired) electrons. The van der Waals surface area contributed by atoms with E-state index in [0.29, 0.717) is 17.8 Å². The van der Waals surface area contributed by atoms with Crippen LogP contribution < -0.4 is 5.32 Å². The monoisotopic (exact) mass is 374 g/mol. The summed E-state index contributed by atoms with van der Waals surface area (Å²) in [5.74, 6) is 1.26. The predicted octanol–water partition coefficient (Wildman–Crippen LogP) is 3.66. The molecule has 1 aromatic carbocycles. The van der Waals surface area contributed by atoms with Crippen LogP contribution >= 0.6 is 15.9 Å². The Balaban J connectivity index is 1.92. The molecule has 0 fully saturated rings. The Kier molecular flexibility index (Phi) is 4.63. The fraction of sp³-hybridized carbons (Fsp3) is 0.294. The lowest BCUT2D eigenvalue weighted by Crippen LogP contribution is -2.24. The lowest BCUT2D eigenvalue weighted by atomic mass is 10.1. The van der Waals surface area contributed by atoms with E-state index in [9.17, 15) is 0 Å². The van der Waals surface area contributed by atoms with Crippen molar-refractivity contribution >= 4 is 15.9 Å². The van der Waals surface area contributed by atoms with E-state index in [1.807, 2.05) is 38.4 Å². The van der Waals surface area contributed by atoms with E-state index >= 15 is 0 Å². The lowest BCUT2D eigenvalue weighted by molar-refractivity contribution is 0.416. The highest BCUT2D eigenvalue weighted by Gasteiger charge is 2.16. The summed E-state index contributed by atoms with van der Waals surface area (Å²) in [5.41, 5.74) is 3.13. The fourth-order valence-electron chi connectivity index (χ4n) is 2.48. The van der Waals surface area contributed by atoms with Crippen LogP contribution in [0.3, 0.4) is 0 Å². The zero-order valence-corrected chi connectivity index (χ0v) is 15.0. The minimum atomic E-state index is 0.310. The summed E-state index contributed by atoms with van der Waals surface area (Å²) < 4.78 is 8.56. The summed E-state index contributed by atoms with van der Waals surface area (Å²) in [6, 6.07) is 12.5. The Bertz CT molecular complexity index is 809. The van der Waals surface area contributed by atoms with Crippen molar-refractivity contribution in [1.82, 2.24) is 20.0 Å². The highest BCUT2D eigenvalue weighted by atomic mass is 79.9. The van der Waals surface area contributed by atoms with E-state index < -0.39 is 0 Å². The van der Waals surface area contributed by atoms with Gasteiger partial charge in [0.05, 0.1) is 0 Å². The Hall–Kier alpha value is -1.92. The average molecular weight is 375 g/mol. The molecule has 0 bridgehead atoms. The van der Waals surface area contributed by atoms with Gasteiger partial charge in [0.15, 0.2) is 5.82 Å². The summed E-state index contributed by atoms with van der Waals surface area (Å²) in [6.07, 6.45) is 0.738. The second-order valence-electron chi connectivity index (χ2n) is 5.55. The Morgan fingerprint density at radius 3 is 2.70 bits per heavy atom. The van der Waals surface area contributed by atoms with Crippen LogP contribution in [0, 0.1) is 0 Å². The van der Waals surface area contributed by atoms with Crippen molar-refractivity contribution in [3.8, 4) is 22.8 Å². The van der Waals surface area contributed by atoms with Gasteiger partial charge < -0.3 is 14.4 Å². The summed E-state index contributed by atoms with van der Waals surface area (Å²) in [4.78, 5) is 4.51. The number of hydrogen-bond donors (Lipinski definition) is 1. The summed E-state index contributed by atoms with van der Waals surface area (Å²) in [6.45, 7) is 2.09. The molecular weight excluding hydrogens is 356 g/mol. The van der Waals surface area contributed by atoms with Gasteiger partial charge in [-0.3, -0.25) is 0 Å². The number of aromatic nitrogens is 3. The van der Waals surface area contributed by atoms with Gasteiger partial charge in [-0.15, -0.1) is 0 Å². The van der Waals surface area contributed by atoms with Gasteiger partial charge in [-0.2, -0.15) is 4.98 Å². The molecule has 0 spiro atoms. The molecule has 1 N–H and O–H groups in total. The van der Waals surface area contributed by atoms with Crippen molar-refractivity contribution in [2.24, 2.45) is 7.05 Å². The van der Waals surface area contributed by atoms with Gasteiger partial charge in [0.25, 0.3) is 5.89 Å². The average Bonchev–Trinajstić information content (AvgIpc) is 3.14. The van der Waals surface area contributed by atoms with Crippen LogP contribution in [0.5, 0.6) is 0 Å². The number of nitrogens with one attached hydrogen (secondary N) is 1. The molecule has 0 saturated heterocycles. The van der Waals surface area contributed by atoms with Crippen molar-refractivity contribution in [2.75, 3.05) is 7.05 Å². The molecule has 2 aromatic heterocycles. The topological polar surface area (TPSA) is 55.9 Å². The summed E-state index contributed by atoms with van der Waals surface area (Å²) in [5, 5.41) is 7.25. The minimum Gasteiger partial charge on any atom is -0.340 e. The largest absolute Gasteiger partial charge is 0.340 e. The maximum Gasteiger partial charge on any atom is 0.274 e. The molecule has 5 nitrogen and oxygen atoms in total. The van der Waals surface area contributed by atoms with Crippen LogP contribution in [0.2, 0.25) is 0 Å². The van der Waals surface area contributed by atoms with Gasteiger partial charge in [-0.25, -0.2) is 0 Å². The first kappa shape index (κ1) is 16.0. The normalized spacial score (nSPS) is 12.5. The molecule has 2 heterocycles. The van der Waals surface area contributed by atoms with Gasteiger partial charge in [0, 0.05) is 35.2 Å². The van der Waals surface area contributed by atoms with Crippen LogP contribution in [-0.2, 0) is 13.5 Å². The van der Waals surface area contributed by atoms with Crippen molar-refractivity contribution < 1.29 is 4.52 Å². The van der Waals surface area contributed by atoms with E-state index in [4.69, 9.17) is 4.52 Å². The highest BCUT2D eigenvalue weighted by Crippen LogP contribution is 2.31. The standard InChI is InChI=1S/C17H19BrN4O/c1-11(19-2)10-16-20-17(23-21-16)15-9-8-14(22(15)3)12-6-4-5-7-13(12)18/h4-9,11,19H,10H2,1-3H3. The molecule has 0 aliphatic heterocycles. The fourth-order valence-corrected chi connectivity index (χ4v) is 2.97. The second-order valence-corrected chi connectivity index (χ2v) is 6.41. The van der Waals surface area contributed by atoms with E-state index in [-0.39, 0.29) is 0 Å². The van der Waals surface area contributed by atoms with E-state index in [0.717, 1.165) is 27.8 Å². The number of rotatable bonds is 5. The van der Waals surface area contributed by atoms with Gasteiger partial charge in [-0.1, -0.05) is 39.3 Å². The van der Waals surface area contributed by atoms with Gasteiger partial charge in [-0.05, 0) is 32.2 Å². The first-order valence-electron chi connectivity index (χ1n) is 7.51. The molecule has 1 unspecified atom stereocenters. The van der Waals surface area contributed by atoms with Gasteiger partial charge in [0.1, 0.15) is 5.69 Å². The molecule has 0 aliphatic carbocycles. The molecule has 6 heteroatoms. The third-order valence-electron chi connectivity index (χ3n) is 3.94. The first-order chi connectivity index (χ1) is 11.1. The molecule has 120 valence electrons. The van der Waals surface area contributed by atoms with E-state index in [1.165, 1.54) is 0 Å². The third-order valence-corrected chi connectivity index (χ3v) is 4.63. The first-order valence-corrected chi connectivity index (χ1v) is 8.30. The SMILES string of the molecule is CNC(C)Cc1noc(-c2ccc(-c3ccccc3Br)n2C)n1. The zero-order valence-electron chi connectivity index (χ0n) is 13.4. The molecule has 1 atom stereocenters. The lowest BCUT2D eigenvalue weighted by Gasteiger charge is -2.07. The second kappa shape index (κ2) is 6.68. The van der Waals surface area contributed by atoms with E-state index in [2.05, 4.69) is 55.0 Å². The summed E-state index contributed by atoms with van der Waals surface area (Å²) >= 11 is 3.60. The molecule has 3 rings (SSSR count). The number of halogens is 1. The molecule has 0 aliphatic rings. The van der Waals surface area contributed by atoms with Crippen molar-refractivity contribution in [3.63, 3.8) is 0 Å². The Morgan fingerprint density at radius 2 is 1.96 bits per heavy atom. The van der Waals surface area contributed by atoms with Gasteiger partial charge >= 0.3 is 0 Å². The molecular formula is C17H19BrN4O. The predicted molar refractivity (Wildman–Crippen MR) is 94.1 cm³/mol. The van der Waals surface area contributed by atoms with E-state index in [1.54, 1.807) is 0 Å². The molecule has 0 amide bonds. The maximum atomic E-state index is 5.43. The maximum absolute atomic E-state index is 5.43. The third kappa shape index (κ3) is 3.23. The Morgan fingerprint density at radius 1 is 1.22 bits per heavy atom. The zero-order chi connectivity index (χ0) is 16.4. The van der Waals surface area contributed by atoms with Crippen LogP contribution in [0.25, 0.3) is 22.8 Å². The Labute approximate surface area is 143 Å². The highest BCUT2D eigenvalue weighted by molar-refractivity contribution is 9.10. The quantitative estimate of drug-likeness (QED) is 0.740. The molecule has 0 saturated carbocycles. The number of nitrogens with zero attached hydrogens (tertiary/aromatic N) is 3. The minimum absolute atomic E-state index is 0.310. The molecule has 3 aromatic rings. The number of hydrogen-bond acceptors (Lipinski definition) is 4. The number of benzene rings is 1.